The lowest BCUT2D eigenvalue weighted by Gasteiger charge is -2.10. The van der Waals surface area contributed by atoms with Crippen LogP contribution in [-0.4, -0.2) is 23.6 Å². The predicted molar refractivity (Wildman–Crippen MR) is 103 cm³/mol. The van der Waals surface area contributed by atoms with E-state index in [0.717, 1.165) is 17.4 Å². The van der Waals surface area contributed by atoms with E-state index in [1.807, 2.05) is 24.3 Å². The van der Waals surface area contributed by atoms with Crippen molar-refractivity contribution in [2.75, 3.05) is 12.4 Å². The number of rotatable bonds is 5. The van der Waals surface area contributed by atoms with Crippen molar-refractivity contribution in [3.8, 4) is 0 Å². The summed E-state index contributed by atoms with van der Waals surface area (Å²) in [6.07, 6.45) is 2.07. The fraction of sp³-hybridized carbons (Fsp3) is 0.238. The van der Waals surface area contributed by atoms with Crippen LogP contribution in [-0.2, 0) is 11.3 Å². The Kier molecular flexibility index (Phi) is 5.07. The Morgan fingerprint density at radius 3 is 2.58 bits per heavy atom. The number of carbonyl (C=O) groups excluding carboxylic acids is 2. The molecule has 0 aliphatic carbocycles. The summed E-state index contributed by atoms with van der Waals surface area (Å²) in [6, 6.07) is 14.4. The highest BCUT2D eigenvalue weighted by molar-refractivity contribution is 6.06. The van der Waals surface area contributed by atoms with Crippen molar-refractivity contribution in [2.45, 2.75) is 20.4 Å². The number of ether oxygens (including phenoxy) is 1. The van der Waals surface area contributed by atoms with Crippen LogP contribution in [0.1, 0.15) is 34.6 Å². The van der Waals surface area contributed by atoms with Gasteiger partial charge in [0.25, 0.3) is 5.91 Å². The molecule has 0 fully saturated rings. The molecule has 26 heavy (non-hydrogen) atoms. The van der Waals surface area contributed by atoms with E-state index in [-0.39, 0.29) is 5.91 Å². The zero-order valence-corrected chi connectivity index (χ0v) is 15.2. The molecule has 0 spiro atoms. The molecule has 0 saturated heterocycles. The number of aromatic nitrogens is 1. The SMILES string of the molecule is COC(=O)c1cccc(C(=O)Nc2ccc3c(ccn3CC(C)C)c2)c1. The minimum Gasteiger partial charge on any atom is -0.465 e. The van der Waals surface area contributed by atoms with Crippen LogP contribution in [0.3, 0.4) is 0 Å². The Balaban J connectivity index is 1.80. The molecule has 0 radical (unpaired) electrons. The van der Waals surface area contributed by atoms with E-state index in [9.17, 15) is 9.59 Å². The highest BCUT2D eigenvalue weighted by Gasteiger charge is 2.11. The van der Waals surface area contributed by atoms with Crippen molar-refractivity contribution in [3.05, 3.63) is 65.9 Å². The maximum Gasteiger partial charge on any atom is 0.337 e. The molecule has 0 saturated carbocycles. The van der Waals surface area contributed by atoms with Gasteiger partial charge >= 0.3 is 5.97 Å². The van der Waals surface area contributed by atoms with Crippen molar-refractivity contribution in [3.63, 3.8) is 0 Å². The smallest absolute Gasteiger partial charge is 0.337 e. The van der Waals surface area contributed by atoms with Gasteiger partial charge < -0.3 is 14.6 Å². The van der Waals surface area contributed by atoms with Crippen molar-refractivity contribution >= 4 is 28.5 Å². The van der Waals surface area contributed by atoms with Gasteiger partial charge in [-0.15, -0.1) is 0 Å². The van der Waals surface area contributed by atoms with Gasteiger partial charge in [-0.3, -0.25) is 4.79 Å². The molecule has 1 N–H and O–H groups in total. The average Bonchev–Trinajstić information content (AvgIpc) is 3.02. The molecule has 0 unspecified atom stereocenters. The average molecular weight is 350 g/mol. The number of esters is 1. The van der Waals surface area contributed by atoms with E-state index >= 15 is 0 Å². The number of methoxy groups -OCH3 is 1. The van der Waals surface area contributed by atoms with Crippen LogP contribution >= 0.6 is 0 Å². The number of carbonyl (C=O) groups is 2. The summed E-state index contributed by atoms with van der Waals surface area (Å²) in [6.45, 7) is 5.32. The number of amides is 1. The molecule has 1 aromatic heterocycles. The lowest BCUT2D eigenvalue weighted by molar-refractivity contribution is 0.0600. The van der Waals surface area contributed by atoms with Gasteiger partial charge in [0.2, 0.25) is 0 Å². The van der Waals surface area contributed by atoms with Crippen molar-refractivity contribution in [1.29, 1.82) is 0 Å². The number of anilines is 1. The van der Waals surface area contributed by atoms with Crippen LogP contribution in [0.25, 0.3) is 10.9 Å². The second kappa shape index (κ2) is 7.44. The van der Waals surface area contributed by atoms with Gasteiger partial charge in [0.15, 0.2) is 0 Å². The number of hydrogen-bond donors (Lipinski definition) is 1. The summed E-state index contributed by atoms with van der Waals surface area (Å²) < 4.78 is 6.91. The number of fused-ring (bicyclic) bond motifs is 1. The molecule has 1 amide bonds. The summed E-state index contributed by atoms with van der Waals surface area (Å²) >= 11 is 0. The van der Waals surface area contributed by atoms with Crippen LogP contribution in [0.5, 0.6) is 0 Å². The van der Waals surface area contributed by atoms with E-state index in [2.05, 4.69) is 29.9 Å². The third-order valence-corrected chi connectivity index (χ3v) is 4.14. The first-order valence-corrected chi connectivity index (χ1v) is 8.56. The fourth-order valence-corrected chi connectivity index (χ4v) is 2.94. The van der Waals surface area contributed by atoms with E-state index in [1.165, 1.54) is 13.2 Å². The van der Waals surface area contributed by atoms with E-state index in [4.69, 9.17) is 4.74 Å². The van der Waals surface area contributed by atoms with Gasteiger partial charge in [-0.1, -0.05) is 19.9 Å². The zero-order chi connectivity index (χ0) is 18.7. The zero-order valence-electron chi connectivity index (χ0n) is 15.2. The maximum atomic E-state index is 12.5. The molecule has 2 aromatic carbocycles. The molecule has 0 atom stereocenters. The molecule has 3 rings (SSSR count). The quantitative estimate of drug-likeness (QED) is 0.697. The minimum absolute atomic E-state index is 0.267. The molecule has 3 aromatic rings. The van der Waals surface area contributed by atoms with Crippen LogP contribution in [0.15, 0.2) is 54.7 Å². The van der Waals surface area contributed by atoms with Crippen molar-refractivity contribution in [2.24, 2.45) is 5.92 Å². The maximum absolute atomic E-state index is 12.5. The normalized spacial score (nSPS) is 10.9. The van der Waals surface area contributed by atoms with Gasteiger partial charge in [0.05, 0.1) is 12.7 Å². The number of nitrogens with one attached hydrogen (secondary N) is 1. The van der Waals surface area contributed by atoms with Crippen LogP contribution < -0.4 is 5.32 Å². The molecular formula is C21H22N2O3. The lowest BCUT2D eigenvalue weighted by atomic mass is 10.1. The largest absolute Gasteiger partial charge is 0.465 e. The van der Waals surface area contributed by atoms with E-state index < -0.39 is 5.97 Å². The minimum atomic E-state index is -0.465. The van der Waals surface area contributed by atoms with Gasteiger partial charge in [-0.05, 0) is 48.4 Å². The van der Waals surface area contributed by atoms with Crippen molar-refractivity contribution < 1.29 is 14.3 Å². The standard InChI is InChI=1S/C21H22N2O3/c1-14(2)13-23-10-9-15-12-18(7-8-19(15)23)22-20(24)16-5-4-6-17(11-16)21(25)26-3/h4-12,14H,13H2,1-3H3,(H,22,24). The number of benzene rings is 2. The third kappa shape index (κ3) is 3.77. The predicted octanol–water partition coefficient (Wildman–Crippen LogP) is 4.34. The van der Waals surface area contributed by atoms with Crippen LogP contribution in [0.2, 0.25) is 0 Å². The lowest BCUT2D eigenvalue weighted by Crippen LogP contribution is -2.13. The highest BCUT2D eigenvalue weighted by atomic mass is 16.5. The first-order chi connectivity index (χ1) is 12.5. The first-order valence-electron chi connectivity index (χ1n) is 8.56. The summed E-state index contributed by atoms with van der Waals surface area (Å²) in [4.78, 5) is 24.1. The Morgan fingerprint density at radius 1 is 1.08 bits per heavy atom. The summed E-state index contributed by atoms with van der Waals surface area (Å²) in [5.41, 5.74) is 2.62. The first kappa shape index (κ1) is 17.7. The van der Waals surface area contributed by atoms with E-state index in [0.29, 0.717) is 22.7 Å². The monoisotopic (exact) mass is 350 g/mol. The van der Waals surface area contributed by atoms with Crippen LogP contribution in [0, 0.1) is 5.92 Å². The van der Waals surface area contributed by atoms with Gasteiger partial charge in [-0.2, -0.15) is 0 Å². The fourth-order valence-electron chi connectivity index (χ4n) is 2.94. The molecule has 0 aliphatic heterocycles. The molecule has 5 heteroatoms. The molecule has 0 aliphatic rings. The topological polar surface area (TPSA) is 60.3 Å². The number of hydrogen-bond acceptors (Lipinski definition) is 3. The summed E-state index contributed by atoms with van der Waals surface area (Å²) in [7, 11) is 1.32. The molecular weight excluding hydrogens is 328 g/mol. The Labute approximate surface area is 152 Å². The second-order valence-corrected chi connectivity index (χ2v) is 6.66. The Morgan fingerprint density at radius 2 is 1.85 bits per heavy atom. The number of nitrogens with zero attached hydrogens (tertiary/aromatic N) is 1. The van der Waals surface area contributed by atoms with Gasteiger partial charge in [0, 0.05) is 34.9 Å². The summed E-state index contributed by atoms with van der Waals surface area (Å²) in [5.74, 6) is -0.170. The van der Waals surface area contributed by atoms with Crippen LogP contribution in [0.4, 0.5) is 5.69 Å². The van der Waals surface area contributed by atoms with Crippen molar-refractivity contribution in [1.82, 2.24) is 4.57 Å². The van der Waals surface area contributed by atoms with Gasteiger partial charge in [-0.25, -0.2) is 4.79 Å². The Bertz CT molecular complexity index is 957. The molecule has 1 heterocycles. The highest BCUT2D eigenvalue weighted by Crippen LogP contribution is 2.22. The second-order valence-electron chi connectivity index (χ2n) is 6.66. The van der Waals surface area contributed by atoms with E-state index in [1.54, 1.807) is 18.2 Å². The third-order valence-electron chi connectivity index (χ3n) is 4.14. The molecule has 134 valence electrons. The Hall–Kier alpha value is -3.08. The summed E-state index contributed by atoms with van der Waals surface area (Å²) in [5, 5.41) is 3.96. The van der Waals surface area contributed by atoms with Gasteiger partial charge in [0.1, 0.15) is 0 Å². The molecule has 5 nitrogen and oxygen atoms in total. The molecule has 0 bridgehead atoms.